The summed E-state index contributed by atoms with van der Waals surface area (Å²) in [5.74, 6) is -0.721. The van der Waals surface area contributed by atoms with Crippen LogP contribution in [-0.4, -0.2) is 24.6 Å². The minimum atomic E-state index is -0.530. The number of ether oxygens (including phenoxy) is 2. The first-order valence-electron chi connectivity index (χ1n) is 5.50. The van der Waals surface area contributed by atoms with Crippen molar-refractivity contribution in [2.24, 2.45) is 0 Å². The maximum Gasteiger partial charge on any atom is 0.313 e. The van der Waals surface area contributed by atoms with Crippen LogP contribution in [0.1, 0.15) is 32.8 Å². The third-order valence-corrected chi connectivity index (χ3v) is 2.54. The fourth-order valence-corrected chi connectivity index (χ4v) is 1.52. The van der Waals surface area contributed by atoms with Crippen molar-refractivity contribution < 1.29 is 19.2 Å². The van der Waals surface area contributed by atoms with Crippen molar-refractivity contribution in [1.82, 2.24) is 0 Å². The minimum absolute atomic E-state index is 0. The van der Waals surface area contributed by atoms with E-state index in [9.17, 15) is 14.9 Å². The average molecular weight is 269 g/mol. The van der Waals surface area contributed by atoms with Gasteiger partial charge < -0.3 is 9.47 Å². The number of benzene rings is 1. The van der Waals surface area contributed by atoms with E-state index in [1.54, 1.807) is 13.8 Å². The second kappa shape index (κ2) is 7.35. The van der Waals surface area contributed by atoms with Crippen molar-refractivity contribution in [3.8, 4) is 5.75 Å². The molecule has 1 aromatic carbocycles. The van der Waals surface area contributed by atoms with E-state index in [0.29, 0.717) is 12.2 Å². The van der Waals surface area contributed by atoms with Gasteiger partial charge >= 0.3 is 11.7 Å². The average Bonchev–Trinajstić information content (AvgIpc) is 2.37. The van der Waals surface area contributed by atoms with Gasteiger partial charge in [-0.1, -0.05) is 13.5 Å². The highest BCUT2D eigenvalue weighted by Gasteiger charge is 2.21. The smallest absolute Gasteiger partial charge is 0.313 e. The molecule has 6 heteroatoms. The molecule has 1 unspecified atom stereocenters. The number of esters is 1. The Kier molecular flexibility index (Phi) is 6.54. The molecule has 0 fully saturated rings. The number of nitro benzene ring substituents is 1. The van der Waals surface area contributed by atoms with Crippen molar-refractivity contribution in [3.63, 3.8) is 0 Å². The second-order valence-corrected chi connectivity index (χ2v) is 3.66. The van der Waals surface area contributed by atoms with Crippen molar-refractivity contribution >= 4 is 11.7 Å². The Morgan fingerprint density at radius 2 is 2.11 bits per heavy atom. The van der Waals surface area contributed by atoms with Gasteiger partial charge in [0.25, 0.3) is 0 Å². The quantitative estimate of drug-likeness (QED) is 0.466. The molecule has 0 N–H and O–H groups in total. The molecule has 0 bridgehead atoms. The summed E-state index contributed by atoms with van der Waals surface area (Å²) in [6, 6.07) is 4.34. The second-order valence-electron chi connectivity index (χ2n) is 3.66. The summed E-state index contributed by atoms with van der Waals surface area (Å²) in [5, 5.41) is 10.7. The zero-order valence-electron chi connectivity index (χ0n) is 10.5. The van der Waals surface area contributed by atoms with E-state index in [1.165, 1.54) is 25.3 Å². The molecular weight excluding hydrogens is 250 g/mol. The van der Waals surface area contributed by atoms with Gasteiger partial charge in [0.15, 0.2) is 5.75 Å². The molecule has 1 rings (SSSR count). The minimum Gasteiger partial charge on any atom is -0.490 e. The highest BCUT2D eigenvalue weighted by atomic mass is 16.6. The Bertz CT molecular complexity index is 458. The van der Waals surface area contributed by atoms with E-state index in [2.05, 4.69) is 0 Å². The van der Waals surface area contributed by atoms with Crippen LogP contribution in [0.2, 0.25) is 0 Å². The number of methoxy groups -OCH3 is 1. The zero-order chi connectivity index (χ0) is 13.7. The van der Waals surface area contributed by atoms with Crippen molar-refractivity contribution in [2.75, 3.05) is 13.7 Å². The predicted octanol–water partition coefficient (Wildman–Crippen LogP) is 2.91. The molecule has 0 amide bonds. The molecule has 0 aliphatic carbocycles. The number of nitrogens with zero attached hydrogens (tertiary/aromatic N) is 1. The molecular formula is C13H19NO5. The molecule has 0 spiro atoms. The highest BCUT2D eigenvalue weighted by Crippen LogP contribution is 2.30. The number of nitro groups is 1. The van der Waals surface area contributed by atoms with E-state index in [0.717, 1.165) is 0 Å². The van der Waals surface area contributed by atoms with E-state index in [4.69, 9.17) is 9.47 Å². The largest absolute Gasteiger partial charge is 0.490 e. The van der Waals surface area contributed by atoms with E-state index in [1.807, 2.05) is 0 Å². The fraction of sp³-hybridized carbons (Fsp3) is 0.462. The first-order valence-corrected chi connectivity index (χ1v) is 5.50. The highest BCUT2D eigenvalue weighted by molar-refractivity contribution is 5.78. The molecule has 19 heavy (non-hydrogen) atoms. The lowest BCUT2D eigenvalue weighted by atomic mass is 10.0. The Labute approximate surface area is 112 Å². The van der Waals surface area contributed by atoms with Gasteiger partial charge in [-0.25, -0.2) is 0 Å². The summed E-state index contributed by atoms with van der Waals surface area (Å²) in [7, 11) is 1.35. The van der Waals surface area contributed by atoms with Crippen molar-refractivity contribution in [2.45, 2.75) is 27.2 Å². The lowest BCUT2D eigenvalue weighted by Gasteiger charge is -2.11. The van der Waals surface area contributed by atoms with Crippen LogP contribution in [0.25, 0.3) is 0 Å². The van der Waals surface area contributed by atoms with Gasteiger partial charge in [-0.3, -0.25) is 14.9 Å². The summed E-state index contributed by atoms with van der Waals surface area (Å²) >= 11 is 0. The van der Waals surface area contributed by atoms with Crippen LogP contribution in [-0.2, 0) is 9.53 Å². The van der Waals surface area contributed by atoms with Crippen LogP contribution in [0.3, 0.4) is 0 Å². The van der Waals surface area contributed by atoms with Crippen LogP contribution >= 0.6 is 0 Å². The molecule has 1 atom stereocenters. The summed E-state index contributed by atoms with van der Waals surface area (Å²) in [6.07, 6.45) is 0. The summed E-state index contributed by atoms with van der Waals surface area (Å²) in [6.45, 7) is 3.70. The summed E-state index contributed by atoms with van der Waals surface area (Å²) in [5.41, 5.74) is 0.494. The Balaban J connectivity index is 0.00000324. The maximum absolute atomic E-state index is 11.6. The van der Waals surface area contributed by atoms with Crippen LogP contribution in [0.5, 0.6) is 5.75 Å². The molecule has 6 nitrogen and oxygen atoms in total. The maximum atomic E-state index is 11.6. The third kappa shape index (κ3) is 3.94. The van der Waals surface area contributed by atoms with Gasteiger partial charge in [0.1, 0.15) is 0 Å². The van der Waals surface area contributed by atoms with Crippen molar-refractivity contribution in [1.29, 1.82) is 0 Å². The SMILES string of the molecule is C.CCOC(=O)C(C)c1ccc([N+](=O)[O-])c(OC)c1. The van der Waals surface area contributed by atoms with Crippen LogP contribution < -0.4 is 4.74 Å². The fourth-order valence-electron chi connectivity index (χ4n) is 1.52. The number of carbonyl (C=O) groups excluding carboxylic acids is 1. The first-order chi connectivity index (χ1) is 8.51. The van der Waals surface area contributed by atoms with Crippen molar-refractivity contribution in [3.05, 3.63) is 33.9 Å². The lowest BCUT2D eigenvalue weighted by Crippen LogP contribution is -2.13. The van der Waals surface area contributed by atoms with Gasteiger partial charge in [-0.2, -0.15) is 0 Å². The number of rotatable bonds is 5. The van der Waals surface area contributed by atoms with Gasteiger partial charge in [0.2, 0.25) is 0 Å². The van der Waals surface area contributed by atoms with Gasteiger partial charge in [0, 0.05) is 6.07 Å². The van der Waals surface area contributed by atoms with Crippen LogP contribution in [0, 0.1) is 10.1 Å². The molecule has 0 aromatic heterocycles. The first kappa shape index (κ1) is 16.9. The van der Waals surface area contributed by atoms with Crippen LogP contribution in [0.15, 0.2) is 18.2 Å². The topological polar surface area (TPSA) is 78.7 Å². The number of hydrogen-bond donors (Lipinski definition) is 0. The van der Waals surface area contributed by atoms with Gasteiger partial charge in [-0.05, 0) is 25.5 Å². The normalized spacial score (nSPS) is 11.1. The molecule has 106 valence electrons. The molecule has 0 radical (unpaired) electrons. The zero-order valence-corrected chi connectivity index (χ0v) is 10.5. The van der Waals surface area contributed by atoms with Gasteiger partial charge in [-0.15, -0.1) is 0 Å². The molecule has 0 heterocycles. The summed E-state index contributed by atoms with van der Waals surface area (Å²) in [4.78, 5) is 21.8. The number of carbonyl (C=O) groups is 1. The third-order valence-electron chi connectivity index (χ3n) is 2.54. The summed E-state index contributed by atoms with van der Waals surface area (Å²) < 4.78 is 9.84. The van der Waals surface area contributed by atoms with Gasteiger partial charge in [0.05, 0.1) is 24.6 Å². The van der Waals surface area contributed by atoms with E-state index < -0.39 is 10.8 Å². The van der Waals surface area contributed by atoms with E-state index >= 15 is 0 Å². The Morgan fingerprint density at radius 3 is 2.58 bits per heavy atom. The molecule has 0 saturated carbocycles. The van der Waals surface area contributed by atoms with Crippen LogP contribution in [0.4, 0.5) is 5.69 Å². The standard InChI is InChI=1S/C12H15NO5.CH4/c1-4-18-12(14)8(2)9-5-6-10(13(15)16)11(7-9)17-3;/h5-8H,4H2,1-3H3;1H4. The molecule has 0 saturated heterocycles. The molecule has 1 aromatic rings. The number of hydrogen-bond acceptors (Lipinski definition) is 5. The monoisotopic (exact) mass is 269 g/mol. The Morgan fingerprint density at radius 1 is 1.47 bits per heavy atom. The molecule has 0 aliphatic heterocycles. The molecule has 0 aliphatic rings. The van der Waals surface area contributed by atoms with E-state index in [-0.39, 0.29) is 24.8 Å². The Hall–Kier alpha value is -2.11. The lowest BCUT2D eigenvalue weighted by molar-refractivity contribution is -0.385. The predicted molar refractivity (Wildman–Crippen MR) is 71.4 cm³/mol.